The quantitative estimate of drug-likeness (QED) is 0.567. The molecule has 1 rings (SSSR count). The van der Waals surface area contributed by atoms with Crippen LogP contribution < -0.4 is 5.73 Å². The predicted octanol–water partition coefficient (Wildman–Crippen LogP) is 5.10. The van der Waals surface area contributed by atoms with Gasteiger partial charge in [0, 0.05) is 13.1 Å². The van der Waals surface area contributed by atoms with Gasteiger partial charge < -0.3 is 5.73 Å². The molecular weight excluding hydrogens is 314 g/mol. The van der Waals surface area contributed by atoms with Crippen LogP contribution in [0.5, 0.6) is 0 Å². The van der Waals surface area contributed by atoms with Gasteiger partial charge in [0.15, 0.2) is 0 Å². The van der Waals surface area contributed by atoms with Crippen molar-refractivity contribution in [2.24, 2.45) is 12.8 Å². The highest BCUT2D eigenvalue weighted by Gasteiger charge is 2.14. The monoisotopic (exact) mass is 343 g/mol. The minimum Gasteiger partial charge on any atom is -0.323 e. The molecule has 0 saturated heterocycles. The molecule has 3 nitrogen and oxygen atoms in total. The number of nitrogens with two attached hydrogens (primary N) is 1. The van der Waals surface area contributed by atoms with Crippen LogP contribution in [0.15, 0.2) is 10.7 Å². The maximum atomic E-state index is 6.25. The van der Waals surface area contributed by atoms with Crippen LogP contribution in [0.4, 0.5) is 0 Å². The summed E-state index contributed by atoms with van der Waals surface area (Å²) >= 11 is 3.52. The lowest BCUT2D eigenvalue weighted by molar-refractivity contribution is 0.514. The van der Waals surface area contributed by atoms with E-state index in [0.29, 0.717) is 0 Å². The van der Waals surface area contributed by atoms with Crippen molar-refractivity contribution in [1.82, 2.24) is 9.78 Å². The van der Waals surface area contributed by atoms with E-state index in [-0.39, 0.29) is 6.04 Å². The molecule has 1 aromatic heterocycles. The average molecular weight is 344 g/mol. The van der Waals surface area contributed by atoms with Gasteiger partial charge >= 0.3 is 0 Å². The van der Waals surface area contributed by atoms with Crippen LogP contribution in [-0.2, 0) is 7.05 Å². The first-order valence-corrected chi connectivity index (χ1v) is 8.89. The fourth-order valence-corrected chi connectivity index (χ4v) is 3.29. The molecule has 20 heavy (non-hydrogen) atoms. The zero-order valence-electron chi connectivity index (χ0n) is 13.1. The fourth-order valence-electron chi connectivity index (χ4n) is 2.65. The molecule has 0 amide bonds. The molecule has 1 unspecified atom stereocenters. The SMILES string of the molecule is CCCCCCCCCCCC(N)c1c(Br)cnn1C. The highest BCUT2D eigenvalue weighted by molar-refractivity contribution is 9.10. The highest BCUT2D eigenvalue weighted by Crippen LogP contribution is 2.24. The van der Waals surface area contributed by atoms with Gasteiger partial charge in [0.05, 0.1) is 16.4 Å². The van der Waals surface area contributed by atoms with Gasteiger partial charge in [0.1, 0.15) is 0 Å². The summed E-state index contributed by atoms with van der Waals surface area (Å²) in [6, 6.07) is 0.0985. The van der Waals surface area contributed by atoms with Crippen molar-refractivity contribution in [3.8, 4) is 0 Å². The average Bonchev–Trinajstić information content (AvgIpc) is 2.76. The van der Waals surface area contributed by atoms with Crippen molar-refractivity contribution < 1.29 is 0 Å². The maximum absolute atomic E-state index is 6.25. The van der Waals surface area contributed by atoms with E-state index in [0.717, 1.165) is 16.6 Å². The van der Waals surface area contributed by atoms with Crippen molar-refractivity contribution in [3.63, 3.8) is 0 Å². The Bertz CT molecular complexity index is 343. The normalized spacial score (nSPS) is 12.8. The number of rotatable bonds is 11. The third kappa shape index (κ3) is 6.40. The molecule has 0 aliphatic heterocycles. The van der Waals surface area contributed by atoms with E-state index in [4.69, 9.17) is 5.73 Å². The third-order valence-electron chi connectivity index (χ3n) is 3.91. The second-order valence-electron chi connectivity index (χ2n) is 5.72. The molecule has 0 radical (unpaired) electrons. The summed E-state index contributed by atoms with van der Waals surface area (Å²) in [4.78, 5) is 0. The number of halogens is 1. The van der Waals surface area contributed by atoms with Crippen molar-refractivity contribution in [2.45, 2.75) is 77.2 Å². The molecular formula is C16H30BrN3. The Balaban J connectivity index is 2.04. The lowest BCUT2D eigenvalue weighted by atomic mass is 10.0. The van der Waals surface area contributed by atoms with Crippen molar-refractivity contribution in [3.05, 3.63) is 16.4 Å². The lowest BCUT2D eigenvalue weighted by Crippen LogP contribution is -2.15. The minimum atomic E-state index is 0.0985. The second-order valence-corrected chi connectivity index (χ2v) is 6.58. The van der Waals surface area contributed by atoms with Gasteiger partial charge in [-0.1, -0.05) is 64.7 Å². The van der Waals surface area contributed by atoms with Gasteiger partial charge in [0.2, 0.25) is 0 Å². The smallest absolute Gasteiger partial charge is 0.0690 e. The number of hydrogen-bond donors (Lipinski definition) is 1. The number of nitrogens with zero attached hydrogens (tertiary/aromatic N) is 2. The topological polar surface area (TPSA) is 43.8 Å². The van der Waals surface area contributed by atoms with Gasteiger partial charge in [-0.05, 0) is 22.4 Å². The van der Waals surface area contributed by atoms with Crippen LogP contribution in [0, 0.1) is 0 Å². The largest absolute Gasteiger partial charge is 0.323 e. The van der Waals surface area contributed by atoms with E-state index in [9.17, 15) is 0 Å². The molecule has 4 heteroatoms. The Morgan fingerprint density at radius 1 is 1.10 bits per heavy atom. The van der Waals surface area contributed by atoms with Crippen LogP contribution in [0.25, 0.3) is 0 Å². The molecule has 1 aromatic rings. The molecule has 1 atom stereocenters. The fraction of sp³-hybridized carbons (Fsp3) is 0.812. The first-order valence-electron chi connectivity index (χ1n) is 8.09. The summed E-state index contributed by atoms with van der Waals surface area (Å²) in [5.74, 6) is 0. The minimum absolute atomic E-state index is 0.0985. The van der Waals surface area contributed by atoms with Crippen LogP contribution in [0.1, 0.15) is 82.9 Å². The van der Waals surface area contributed by atoms with Crippen molar-refractivity contribution in [2.75, 3.05) is 0 Å². The van der Waals surface area contributed by atoms with Crippen LogP contribution in [0.3, 0.4) is 0 Å². The van der Waals surface area contributed by atoms with E-state index in [2.05, 4.69) is 28.0 Å². The van der Waals surface area contributed by atoms with Gasteiger partial charge in [0.25, 0.3) is 0 Å². The standard InChI is InChI=1S/C16H30BrN3/c1-3-4-5-6-7-8-9-10-11-12-15(18)16-14(17)13-19-20(16)2/h13,15H,3-12,18H2,1-2H3. The number of unbranched alkanes of at least 4 members (excludes halogenated alkanes) is 8. The summed E-state index contributed by atoms with van der Waals surface area (Å²) < 4.78 is 2.91. The number of aromatic nitrogens is 2. The van der Waals surface area contributed by atoms with E-state index < -0.39 is 0 Å². The molecule has 1 heterocycles. The highest BCUT2D eigenvalue weighted by atomic mass is 79.9. The maximum Gasteiger partial charge on any atom is 0.0690 e. The van der Waals surface area contributed by atoms with Gasteiger partial charge in [-0.3, -0.25) is 4.68 Å². The molecule has 0 bridgehead atoms. The van der Waals surface area contributed by atoms with Crippen molar-refractivity contribution >= 4 is 15.9 Å². The van der Waals surface area contributed by atoms with E-state index in [1.807, 2.05) is 17.9 Å². The molecule has 0 fully saturated rings. The Kier molecular flexibility index (Phi) is 9.19. The van der Waals surface area contributed by atoms with Gasteiger partial charge in [-0.15, -0.1) is 0 Å². The molecule has 116 valence electrons. The molecule has 0 saturated carbocycles. The number of hydrogen-bond acceptors (Lipinski definition) is 2. The van der Waals surface area contributed by atoms with Crippen LogP contribution >= 0.6 is 15.9 Å². The Hall–Kier alpha value is -0.350. The molecule has 0 aliphatic rings. The van der Waals surface area contributed by atoms with Gasteiger partial charge in [-0.2, -0.15) is 5.10 Å². The molecule has 0 aromatic carbocycles. The summed E-state index contributed by atoms with van der Waals surface area (Å²) in [7, 11) is 1.95. The molecule has 0 spiro atoms. The molecule has 2 N–H and O–H groups in total. The third-order valence-corrected chi connectivity index (χ3v) is 4.52. The first-order chi connectivity index (χ1) is 9.66. The summed E-state index contributed by atoms with van der Waals surface area (Å²) in [5, 5.41) is 4.22. The van der Waals surface area contributed by atoms with E-state index >= 15 is 0 Å². The lowest BCUT2D eigenvalue weighted by Gasteiger charge is -2.12. The first kappa shape index (κ1) is 17.7. The zero-order chi connectivity index (χ0) is 14.8. The van der Waals surface area contributed by atoms with Gasteiger partial charge in [-0.25, -0.2) is 0 Å². The van der Waals surface area contributed by atoms with E-state index in [1.54, 1.807) is 0 Å². The second kappa shape index (κ2) is 10.4. The van der Waals surface area contributed by atoms with E-state index in [1.165, 1.54) is 57.8 Å². The number of aryl methyl sites for hydroxylation is 1. The summed E-state index contributed by atoms with van der Waals surface area (Å²) in [6.07, 6.45) is 15.1. The molecule has 0 aliphatic carbocycles. The van der Waals surface area contributed by atoms with Crippen LogP contribution in [-0.4, -0.2) is 9.78 Å². The Morgan fingerprint density at radius 3 is 2.15 bits per heavy atom. The summed E-state index contributed by atoms with van der Waals surface area (Å²) in [5.41, 5.74) is 7.36. The Labute approximate surface area is 132 Å². The van der Waals surface area contributed by atoms with Crippen molar-refractivity contribution in [1.29, 1.82) is 0 Å². The zero-order valence-corrected chi connectivity index (χ0v) is 14.7. The predicted molar refractivity (Wildman–Crippen MR) is 89.7 cm³/mol. The Morgan fingerprint density at radius 2 is 1.65 bits per heavy atom. The van der Waals surface area contributed by atoms with Crippen LogP contribution in [0.2, 0.25) is 0 Å². The summed E-state index contributed by atoms with van der Waals surface area (Å²) in [6.45, 7) is 2.27.